The van der Waals surface area contributed by atoms with Gasteiger partial charge in [-0.15, -0.1) is 0 Å². The molecule has 0 bridgehead atoms. The summed E-state index contributed by atoms with van der Waals surface area (Å²) in [6.45, 7) is 2.45. The molecule has 1 aliphatic rings. The maximum atomic E-state index is 13.0. The Morgan fingerprint density at radius 1 is 0.939 bits per heavy atom. The van der Waals surface area contributed by atoms with Gasteiger partial charge in [0, 0.05) is 34.9 Å². The average Bonchev–Trinajstić information content (AvgIpc) is 2.85. The van der Waals surface area contributed by atoms with Gasteiger partial charge in [-0.3, -0.25) is 4.79 Å². The molecule has 6 heteroatoms. The van der Waals surface area contributed by atoms with Crippen LogP contribution in [0.15, 0.2) is 84.9 Å². The van der Waals surface area contributed by atoms with Crippen molar-refractivity contribution in [3.8, 4) is 17.0 Å². The van der Waals surface area contributed by atoms with E-state index >= 15 is 0 Å². The van der Waals surface area contributed by atoms with Crippen LogP contribution in [-0.2, 0) is 0 Å². The van der Waals surface area contributed by atoms with Crippen LogP contribution < -0.4 is 15.4 Å². The molecular formula is C27H24N4O2. The minimum absolute atomic E-state index is 0.0722. The monoisotopic (exact) mass is 436 g/mol. The molecule has 2 N–H and O–H groups in total. The van der Waals surface area contributed by atoms with Gasteiger partial charge >= 0.3 is 0 Å². The number of aryl methyl sites for hydroxylation is 1. The van der Waals surface area contributed by atoms with Crippen molar-refractivity contribution in [3.05, 3.63) is 102 Å². The molecular weight excluding hydrogens is 412 g/mol. The van der Waals surface area contributed by atoms with Crippen LogP contribution in [0.5, 0.6) is 5.75 Å². The highest BCUT2D eigenvalue weighted by atomic mass is 16.5. The SMILES string of the molecule is Cc1nc(Nc2cccc(C(=O)NC3CCOc4ccccc43)c2)cc(-c2ccccc2)n1. The zero-order chi connectivity index (χ0) is 22.6. The van der Waals surface area contributed by atoms with Crippen LogP contribution in [0.4, 0.5) is 11.5 Å². The Hall–Kier alpha value is -4.19. The lowest BCUT2D eigenvalue weighted by Gasteiger charge is -2.26. The number of carbonyl (C=O) groups is 1. The Kier molecular flexibility index (Phi) is 5.72. The number of amides is 1. The number of benzene rings is 3. The molecule has 164 valence electrons. The zero-order valence-corrected chi connectivity index (χ0v) is 18.3. The Bertz CT molecular complexity index is 1290. The fourth-order valence-electron chi connectivity index (χ4n) is 4.01. The molecule has 2 heterocycles. The highest BCUT2D eigenvalue weighted by Crippen LogP contribution is 2.32. The van der Waals surface area contributed by atoms with Gasteiger partial charge in [0.25, 0.3) is 5.91 Å². The molecule has 0 saturated heterocycles. The summed E-state index contributed by atoms with van der Waals surface area (Å²) < 4.78 is 5.70. The number of aromatic nitrogens is 2. The number of para-hydroxylation sites is 1. The minimum Gasteiger partial charge on any atom is -0.493 e. The maximum Gasteiger partial charge on any atom is 0.251 e. The molecule has 4 aromatic rings. The molecule has 1 atom stereocenters. The molecule has 1 aliphatic heterocycles. The van der Waals surface area contributed by atoms with Crippen molar-refractivity contribution in [2.75, 3.05) is 11.9 Å². The maximum absolute atomic E-state index is 13.0. The van der Waals surface area contributed by atoms with E-state index in [2.05, 4.69) is 20.6 Å². The van der Waals surface area contributed by atoms with E-state index < -0.39 is 0 Å². The number of anilines is 2. The van der Waals surface area contributed by atoms with Crippen LogP contribution in [0.2, 0.25) is 0 Å². The molecule has 0 aliphatic carbocycles. The minimum atomic E-state index is -0.121. The fraction of sp³-hybridized carbons (Fsp3) is 0.148. The summed E-state index contributed by atoms with van der Waals surface area (Å²) in [5, 5.41) is 6.47. The van der Waals surface area contributed by atoms with Crippen molar-refractivity contribution in [1.82, 2.24) is 15.3 Å². The van der Waals surface area contributed by atoms with Crippen molar-refractivity contribution in [2.45, 2.75) is 19.4 Å². The summed E-state index contributed by atoms with van der Waals surface area (Å²) in [7, 11) is 0. The molecule has 33 heavy (non-hydrogen) atoms. The van der Waals surface area contributed by atoms with E-state index in [1.807, 2.05) is 91.9 Å². The smallest absolute Gasteiger partial charge is 0.251 e. The van der Waals surface area contributed by atoms with Gasteiger partial charge in [-0.05, 0) is 31.2 Å². The second-order valence-corrected chi connectivity index (χ2v) is 7.96. The summed E-state index contributed by atoms with van der Waals surface area (Å²) in [6.07, 6.45) is 0.739. The third-order valence-corrected chi connectivity index (χ3v) is 5.57. The van der Waals surface area contributed by atoms with Crippen molar-refractivity contribution in [2.24, 2.45) is 0 Å². The topological polar surface area (TPSA) is 76.1 Å². The molecule has 0 spiro atoms. The molecule has 0 radical (unpaired) electrons. The van der Waals surface area contributed by atoms with Crippen molar-refractivity contribution in [1.29, 1.82) is 0 Å². The third-order valence-electron chi connectivity index (χ3n) is 5.57. The first-order valence-electron chi connectivity index (χ1n) is 11.0. The highest BCUT2D eigenvalue weighted by Gasteiger charge is 2.23. The number of nitrogens with one attached hydrogen (secondary N) is 2. The second-order valence-electron chi connectivity index (χ2n) is 7.96. The van der Waals surface area contributed by atoms with Crippen molar-refractivity contribution in [3.63, 3.8) is 0 Å². The number of rotatable bonds is 5. The quantitative estimate of drug-likeness (QED) is 0.435. The van der Waals surface area contributed by atoms with Gasteiger partial charge in [-0.25, -0.2) is 9.97 Å². The summed E-state index contributed by atoms with van der Waals surface area (Å²) in [5.74, 6) is 2.06. The normalized spacial score (nSPS) is 14.6. The van der Waals surface area contributed by atoms with E-state index in [1.54, 1.807) is 0 Å². The third kappa shape index (κ3) is 4.70. The van der Waals surface area contributed by atoms with E-state index in [4.69, 9.17) is 4.74 Å². The summed E-state index contributed by atoms with van der Waals surface area (Å²) in [6, 6.07) is 27.1. The number of hydrogen-bond donors (Lipinski definition) is 2. The average molecular weight is 437 g/mol. The van der Waals surface area contributed by atoms with E-state index in [9.17, 15) is 4.79 Å². The number of ether oxygens (including phenoxy) is 1. The molecule has 6 nitrogen and oxygen atoms in total. The Labute approximate surface area is 192 Å². The molecule has 0 saturated carbocycles. The molecule has 0 fully saturated rings. The predicted octanol–water partition coefficient (Wildman–Crippen LogP) is 5.45. The summed E-state index contributed by atoms with van der Waals surface area (Å²) in [5.41, 5.74) is 4.25. The van der Waals surface area contributed by atoms with E-state index in [1.165, 1.54) is 0 Å². The fourth-order valence-corrected chi connectivity index (χ4v) is 4.01. The van der Waals surface area contributed by atoms with Crippen molar-refractivity contribution < 1.29 is 9.53 Å². The molecule has 5 rings (SSSR count). The standard InChI is InChI=1S/C27H24N4O2/c1-18-28-24(19-8-3-2-4-9-19)17-26(29-18)30-21-11-7-10-20(16-21)27(32)31-23-14-15-33-25-13-6-5-12-22(23)25/h2-13,16-17,23H,14-15H2,1H3,(H,31,32)(H,28,29,30). The van der Waals surface area contributed by atoms with Crippen molar-refractivity contribution >= 4 is 17.4 Å². The molecule has 3 aromatic carbocycles. The second kappa shape index (κ2) is 9.12. The van der Waals surface area contributed by atoms with Gasteiger partial charge in [0.15, 0.2) is 0 Å². The van der Waals surface area contributed by atoms with E-state index in [0.29, 0.717) is 23.8 Å². The van der Waals surface area contributed by atoms with Gasteiger partial charge in [-0.1, -0.05) is 54.6 Å². The van der Waals surface area contributed by atoms with Gasteiger partial charge in [-0.2, -0.15) is 0 Å². The number of nitrogens with zero attached hydrogens (tertiary/aromatic N) is 2. The number of hydrogen-bond acceptors (Lipinski definition) is 5. The van der Waals surface area contributed by atoms with Gasteiger partial charge < -0.3 is 15.4 Å². The Morgan fingerprint density at radius 3 is 2.64 bits per heavy atom. The van der Waals surface area contributed by atoms with Crippen LogP contribution >= 0.6 is 0 Å². The lowest BCUT2D eigenvalue weighted by Crippen LogP contribution is -2.32. The van der Waals surface area contributed by atoms with Gasteiger partial charge in [0.2, 0.25) is 0 Å². The summed E-state index contributed by atoms with van der Waals surface area (Å²) in [4.78, 5) is 22.1. The molecule has 1 aromatic heterocycles. The first kappa shape index (κ1) is 20.7. The Balaban J connectivity index is 1.34. The van der Waals surface area contributed by atoms with E-state index in [-0.39, 0.29) is 11.9 Å². The van der Waals surface area contributed by atoms with Gasteiger partial charge in [0.05, 0.1) is 18.3 Å². The number of fused-ring (bicyclic) bond motifs is 1. The largest absolute Gasteiger partial charge is 0.493 e. The van der Waals surface area contributed by atoms with Crippen LogP contribution in [0.1, 0.15) is 34.2 Å². The predicted molar refractivity (Wildman–Crippen MR) is 129 cm³/mol. The zero-order valence-electron chi connectivity index (χ0n) is 18.3. The van der Waals surface area contributed by atoms with Gasteiger partial charge in [0.1, 0.15) is 17.4 Å². The molecule has 1 amide bonds. The first-order valence-corrected chi connectivity index (χ1v) is 11.0. The van der Waals surface area contributed by atoms with Crippen LogP contribution in [0, 0.1) is 6.92 Å². The van der Waals surface area contributed by atoms with Crippen LogP contribution in [0.25, 0.3) is 11.3 Å². The Morgan fingerprint density at radius 2 is 1.76 bits per heavy atom. The highest BCUT2D eigenvalue weighted by molar-refractivity contribution is 5.95. The van der Waals surface area contributed by atoms with E-state index in [0.717, 1.165) is 34.7 Å². The lowest BCUT2D eigenvalue weighted by atomic mass is 10.00. The molecule has 1 unspecified atom stereocenters. The summed E-state index contributed by atoms with van der Waals surface area (Å²) >= 11 is 0. The first-order chi connectivity index (χ1) is 16.2. The number of carbonyl (C=O) groups excluding carboxylic acids is 1. The van der Waals surface area contributed by atoms with Crippen LogP contribution in [0.3, 0.4) is 0 Å². The van der Waals surface area contributed by atoms with Crippen LogP contribution in [-0.4, -0.2) is 22.5 Å². The lowest BCUT2D eigenvalue weighted by molar-refractivity contribution is 0.0925.